The first-order chi connectivity index (χ1) is 13.6. The fraction of sp³-hybridized carbons (Fsp3) is 0.174. The fourth-order valence-corrected chi connectivity index (χ4v) is 2.71. The number of para-hydroxylation sites is 2. The lowest BCUT2D eigenvalue weighted by atomic mass is 10.1. The number of halogens is 1. The maximum absolute atomic E-state index is 13.0. The molecule has 0 saturated heterocycles. The van der Waals surface area contributed by atoms with Gasteiger partial charge in [-0.25, -0.2) is 4.39 Å². The Labute approximate surface area is 164 Å². The Morgan fingerprint density at radius 3 is 2.39 bits per heavy atom. The summed E-state index contributed by atoms with van der Waals surface area (Å²) in [6.07, 6.45) is 0. The van der Waals surface area contributed by atoms with E-state index in [1.807, 2.05) is 54.6 Å². The molecule has 0 heterocycles. The quantitative estimate of drug-likeness (QED) is 0.606. The lowest BCUT2D eigenvalue weighted by Crippen LogP contribution is -2.37. The maximum atomic E-state index is 13.0. The molecule has 5 heteroatoms. The first-order valence-corrected chi connectivity index (χ1v) is 9.16. The number of amides is 1. The summed E-state index contributed by atoms with van der Waals surface area (Å²) in [4.78, 5) is 12.4. The number of anilines is 1. The molecule has 1 atom stereocenters. The molecule has 1 unspecified atom stereocenters. The minimum Gasteiger partial charge on any atom is -0.489 e. The normalized spacial score (nSPS) is 11.5. The van der Waals surface area contributed by atoms with Crippen LogP contribution in [0.3, 0.4) is 0 Å². The van der Waals surface area contributed by atoms with Crippen molar-refractivity contribution in [2.45, 2.75) is 26.1 Å². The topological polar surface area (TPSA) is 50.4 Å². The van der Waals surface area contributed by atoms with Crippen LogP contribution in [-0.4, -0.2) is 11.9 Å². The Morgan fingerprint density at radius 2 is 1.64 bits per heavy atom. The first-order valence-electron chi connectivity index (χ1n) is 9.16. The van der Waals surface area contributed by atoms with Crippen LogP contribution in [0.15, 0.2) is 78.9 Å². The predicted octanol–water partition coefficient (Wildman–Crippen LogP) is 4.52. The smallest absolute Gasteiger partial charge is 0.242 e. The second-order valence-electron chi connectivity index (χ2n) is 6.47. The third-order valence-corrected chi connectivity index (χ3v) is 4.30. The van der Waals surface area contributed by atoms with E-state index in [0.29, 0.717) is 13.2 Å². The Kier molecular flexibility index (Phi) is 6.63. The van der Waals surface area contributed by atoms with E-state index in [1.165, 1.54) is 12.1 Å². The molecule has 0 saturated carbocycles. The van der Waals surface area contributed by atoms with Crippen molar-refractivity contribution in [1.29, 1.82) is 0 Å². The van der Waals surface area contributed by atoms with Crippen molar-refractivity contribution in [1.82, 2.24) is 5.32 Å². The van der Waals surface area contributed by atoms with E-state index in [1.54, 1.807) is 19.1 Å². The maximum Gasteiger partial charge on any atom is 0.242 e. The zero-order valence-electron chi connectivity index (χ0n) is 15.7. The van der Waals surface area contributed by atoms with Crippen LogP contribution in [-0.2, 0) is 17.9 Å². The Balaban J connectivity index is 1.56. The molecule has 144 valence electrons. The summed E-state index contributed by atoms with van der Waals surface area (Å²) >= 11 is 0. The van der Waals surface area contributed by atoms with Crippen molar-refractivity contribution in [3.8, 4) is 5.75 Å². The SMILES string of the molecule is CC(Nc1ccccc1COc1ccccc1)C(=O)NCc1ccc(F)cc1. The average molecular weight is 378 g/mol. The van der Waals surface area contributed by atoms with Crippen molar-refractivity contribution < 1.29 is 13.9 Å². The van der Waals surface area contributed by atoms with E-state index in [0.717, 1.165) is 22.6 Å². The average Bonchev–Trinajstić information content (AvgIpc) is 2.73. The summed E-state index contributed by atoms with van der Waals surface area (Å²) in [5.41, 5.74) is 2.66. The van der Waals surface area contributed by atoms with Crippen LogP contribution in [0, 0.1) is 5.82 Å². The second kappa shape index (κ2) is 9.55. The molecule has 0 aliphatic heterocycles. The van der Waals surface area contributed by atoms with Gasteiger partial charge < -0.3 is 15.4 Å². The molecule has 0 bridgehead atoms. The van der Waals surface area contributed by atoms with Gasteiger partial charge in [0.25, 0.3) is 0 Å². The van der Waals surface area contributed by atoms with E-state index in [2.05, 4.69) is 10.6 Å². The molecule has 0 aromatic heterocycles. The molecule has 2 N–H and O–H groups in total. The summed E-state index contributed by atoms with van der Waals surface area (Å²) in [6, 6.07) is 23.0. The number of nitrogens with one attached hydrogen (secondary N) is 2. The van der Waals surface area contributed by atoms with E-state index in [9.17, 15) is 9.18 Å². The van der Waals surface area contributed by atoms with E-state index >= 15 is 0 Å². The number of carbonyl (C=O) groups excluding carboxylic acids is 1. The molecular weight excluding hydrogens is 355 g/mol. The van der Waals surface area contributed by atoms with Crippen LogP contribution in [0.25, 0.3) is 0 Å². The largest absolute Gasteiger partial charge is 0.489 e. The third kappa shape index (κ3) is 5.58. The van der Waals surface area contributed by atoms with Crippen molar-refractivity contribution in [3.63, 3.8) is 0 Å². The van der Waals surface area contributed by atoms with Gasteiger partial charge in [-0.05, 0) is 42.8 Å². The number of ether oxygens (including phenoxy) is 1. The van der Waals surface area contributed by atoms with Gasteiger partial charge in [-0.3, -0.25) is 4.79 Å². The highest BCUT2D eigenvalue weighted by atomic mass is 19.1. The number of benzene rings is 3. The summed E-state index contributed by atoms with van der Waals surface area (Å²) in [7, 11) is 0. The second-order valence-corrected chi connectivity index (χ2v) is 6.47. The van der Waals surface area contributed by atoms with Gasteiger partial charge in [0, 0.05) is 17.8 Å². The summed E-state index contributed by atoms with van der Waals surface area (Å²) in [5.74, 6) is 0.366. The highest BCUT2D eigenvalue weighted by molar-refractivity contribution is 5.84. The minimum absolute atomic E-state index is 0.136. The van der Waals surface area contributed by atoms with Crippen LogP contribution in [0.2, 0.25) is 0 Å². The molecule has 0 fully saturated rings. The molecule has 3 rings (SSSR count). The van der Waals surface area contributed by atoms with E-state index < -0.39 is 6.04 Å². The zero-order chi connectivity index (χ0) is 19.8. The summed E-state index contributed by atoms with van der Waals surface area (Å²) in [6.45, 7) is 2.55. The molecule has 28 heavy (non-hydrogen) atoms. The predicted molar refractivity (Wildman–Crippen MR) is 109 cm³/mol. The highest BCUT2D eigenvalue weighted by Gasteiger charge is 2.14. The zero-order valence-corrected chi connectivity index (χ0v) is 15.7. The van der Waals surface area contributed by atoms with Crippen molar-refractivity contribution >= 4 is 11.6 Å². The molecule has 0 aliphatic carbocycles. The molecule has 1 amide bonds. The number of rotatable bonds is 8. The Morgan fingerprint density at radius 1 is 0.964 bits per heavy atom. The van der Waals surface area contributed by atoms with Gasteiger partial charge in [-0.2, -0.15) is 0 Å². The molecular formula is C23H23FN2O2. The van der Waals surface area contributed by atoms with Gasteiger partial charge in [-0.1, -0.05) is 48.5 Å². The van der Waals surface area contributed by atoms with Crippen LogP contribution < -0.4 is 15.4 Å². The van der Waals surface area contributed by atoms with Gasteiger partial charge >= 0.3 is 0 Å². The summed E-state index contributed by atoms with van der Waals surface area (Å²) < 4.78 is 18.8. The van der Waals surface area contributed by atoms with Crippen molar-refractivity contribution in [2.75, 3.05) is 5.32 Å². The van der Waals surface area contributed by atoms with Gasteiger partial charge in [0.2, 0.25) is 5.91 Å². The highest BCUT2D eigenvalue weighted by Crippen LogP contribution is 2.19. The molecule has 0 spiro atoms. The number of hydrogen-bond donors (Lipinski definition) is 2. The lowest BCUT2D eigenvalue weighted by Gasteiger charge is -2.18. The summed E-state index contributed by atoms with van der Waals surface area (Å²) in [5, 5.41) is 6.10. The molecule has 4 nitrogen and oxygen atoms in total. The lowest BCUT2D eigenvalue weighted by molar-refractivity contribution is -0.121. The Bertz CT molecular complexity index is 898. The van der Waals surface area contributed by atoms with Crippen LogP contribution in [0.5, 0.6) is 5.75 Å². The fourth-order valence-electron chi connectivity index (χ4n) is 2.71. The van der Waals surface area contributed by atoms with E-state index in [4.69, 9.17) is 4.74 Å². The molecule has 0 radical (unpaired) electrons. The van der Waals surface area contributed by atoms with Crippen molar-refractivity contribution in [2.24, 2.45) is 0 Å². The van der Waals surface area contributed by atoms with Crippen LogP contribution in [0.4, 0.5) is 10.1 Å². The standard InChI is InChI=1S/C23H23FN2O2/c1-17(23(27)25-15-18-11-13-20(24)14-12-18)26-22-10-6-5-7-19(22)16-28-21-8-3-2-4-9-21/h2-14,17,26H,15-16H2,1H3,(H,25,27). The minimum atomic E-state index is -0.432. The van der Waals surface area contributed by atoms with Crippen LogP contribution >= 0.6 is 0 Å². The van der Waals surface area contributed by atoms with E-state index in [-0.39, 0.29) is 11.7 Å². The van der Waals surface area contributed by atoms with Gasteiger partial charge in [0.1, 0.15) is 24.2 Å². The van der Waals surface area contributed by atoms with Gasteiger partial charge in [0.15, 0.2) is 0 Å². The molecule has 3 aromatic carbocycles. The van der Waals surface area contributed by atoms with Gasteiger partial charge in [-0.15, -0.1) is 0 Å². The third-order valence-electron chi connectivity index (χ3n) is 4.30. The van der Waals surface area contributed by atoms with Crippen LogP contribution in [0.1, 0.15) is 18.1 Å². The van der Waals surface area contributed by atoms with Gasteiger partial charge in [0.05, 0.1) is 0 Å². The molecule has 3 aromatic rings. The molecule has 0 aliphatic rings. The van der Waals surface area contributed by atoms with Crippen molar-refractivity contribution in [3.05, 3.63) is 95.8 Å². The Hall–Kier alpha value is -3.34. The number of carbonyl (C=O) groups is 1. The number of hydrogen-bond acceptors (Lipinski definition) is 3. The first kappa shape index (κ1) is 19.4. The monoisotopic (exact) mass is 378 g/mol.